The van der Waals surface area contributed by atoms with Crippen LogP contribution in [0.3, 0.4) is 0 Å². The number of methoxy groups -OCH3 is 1. The summed E-state index contributed by atoms with van der Waals surface area (Å²) in [5, 5.41) is 0.610. The second kappa shape index (κ2) is 7.87. The van der Waals surface area contributed by atoms with E-state index in [1.165, 1.54) is 11.8 Å². The molecule has 0 N–H and O–H groups in total. The molecule has 2 nitrogen and oxygen atoms in total. The van der Waals surface area contributed by atoms with Crippen molar-refractivity contribution in [3.63, 3.8) is 0 Å². The molecule has 0 aliphatic rings. The second-order valence-electron chi connectivity index (χ2n) is 4.41. The van der Waals surface area contributed by atoms with Crippen LogP contribution in [0.5, 0.6) is 5.75 Å². The highest BCUT2D eigenvalue weighted by Crippen LogP contribution is 2.25. The minimum atomic E-state index is 0.142. The van der Waals surface area contributed by atoms with Gasteiger partial charge in [0.15, 0.2) is 0 Å². The van der Waals surface area contributed by atoms with Crippen molar-refractivity contribution in [1.29, 1.82) is 0 Å². The van der Waals surface area contributed by atoms with Crippen molar-refractivity contribution >= 4 is 45.1 Å². The van der Waals surface area contributed by atoms with E-state index in [0.717, 1.165) is 14.9 Å². The minimum Gasteiger partial charge on any atom is -0.496 e. The summed E-state index contributed by atoms with van der Waals surface area (Å²) in [4.78, 5) is 13.2. The van der Waals surface area contributed by atoms with Crippen molar-refractivity contribution in [1.82, 2.24) is 0 Å². The number of halogens is 2. The number of ether oxygens (including phenoxy) is 1. The molecule has 2 aromatic carbocycles. The Morgan fingerprint density at radius 3 is 2.62 bits per heavy atom. The van der Waals surface area contributed by atoms with E-state index in [-0.39, 0.29) is 5.78 Å². The Morgan fingerprint density at radius 1 is 1.24 bits per heavy atom. The Kier molecular flexibility index (Phi) is 6.15. The van der Waals surface area contributed by atoms with Crippen LogP contribution in [0.1, 0.15) is 5.56 Å². The quantitative estimate of drug-likeness (QED) is 0.653. The number of ketones is 1. The third kappa shape index (κ3) is 5.06. The maximum Gasteiger partial charge on any atom is 0.147 e. The summed E-state index contributed by atoms with van der Waals surface area (Å²) in [6.45, 7) is 0. The Morgan fingerprint density at radius 2 is 1.95 bits per heavy atom. The average Bonchev–Trinajstić information content (AvgIpc) is 2.47. The molecule has 0 aliphatic carbocycles. The first kappa shape index (κ1) is 16.4. The summed E-state index contributed by atoms with van der Waals surface area (Å²) in [6, 6.07) is 13.2. The molecule has 2 rings (SSSR count). The van der Waals surface area contributed by atoms with E-state index in [2.05, 4.69) is 15.9 Å². The van der Waals surface area contributed by atoms with Crippen LogP contribution in [0.25, 0.3) is 0 Å². The Bertz CT molecular complexity index is 629. The normalized spacial score (nSPS) is 10.4. The zero-order valence-electron chi connectivity index (χ0n) is 11.4. The number of Topliss-reactive ketones (excluding diaryl/α,β-unsaturated/α-hetero) is 1. The molecule has 0 atom stereocenters. The molecule has 21 heavy (non-hydrogen) atoms. The molecular weight excluding hydrogens is 372 g/mol. The zero-order chi connectivity index (χ0) is 15.2. The smallest absolute Gasteiger partial charge is 0.147 e. The number of hydrogen-bond donors (Lipinski definition) is 0. The van der Waals surface area contributed by atoms with Gasteiger partial charge in [-0.25, -0.2) is 0 Å². The molecule has 110 valence electrons. The van der Waals surface area contributed by atoms with Crippen LogP contribution in [0, 0.1) is 0 Å². The van der Waals surface area contributed by atoms with Crippen molar-refractivity contribution < 1.29 is 9.53 Å². The van der Waals surface area contributed by atoms with Gasteiger partial charge in [0.1, 0.15) is 11.5 Å². The van der Waals surface area contributed by atoms with Crippen molar-refractivity contribution in [2.24, 2.45) is 0 Å². The molecule has 0 fully saturated rings. The number of carbonyl (C=O) groups excluding carboxylic acids is 1. The van der Waals surface area contributed by atoms with Gasteiger partial charge in [0.2, 0.25) is 0 Å². The molecule has 0 spiro atoms. The topological polar surface area (TPSA) is 26.3 Å². The SMILES string of the molecule is COc1ccc(Cl)cc1CC(=O)CSc1ccc(Br)cc1. The molecule has 0 saturated heterocycles. The summed E-state index contributed by atoms with van der Waals surface area (Å²) in [5.74, 6) is 1.27. The summed E-state index contributed by atoms with van der Waals surface area (Å²) in [6.07, 6.45) is 0.327. The molecule has 0 bridgehead atoms. The number of rotatable bonds is 6. The first-order chi connectivity index (χ1) is 10.1. The lowest BCUT2D eigenvalue weighted by Gasteiger charge is -2.08. The third-order valence-electron chi connectivity index (χ3n) is 2.84. The standard InChI is InChI=1S/C16H14BrClO2S/c1-20-16-7-4-13(18)8-11(16)9-14(19)10-21-15-5-2-12(17)3-6-15/h2-8H,9-10H2,1H3. The van der Waals surface area contributed by atoms with Gasteiger partial charge < -0.3 is 4.74 Å². The molecule has 0 radical (unpaired) electrons. The fraction of sp³-hybridized carbons (Fsp3) is 0.188. The van der Waals surface area contributed by atoms with Crippen LogP contribution in [0.15, 0.2) is 51.8 Å². The van der Waals surface area contributed by atoms with E-state index in [9.17, 15) is 4.79 Å². The highest BCUT2D eigenvalue weighted by Gasteiger charge is 2.10. The highest BCUT2D eigenvalue weighted by molar-refractivity contribution is 9.10. The van der Waals surface area contributed by atoms with Gasteiger partial charge >= 0.3 is 0 Å². The van der Waals surface area contributed by atoms with Crippen molar-refractivity contribution in [3.05, 3.63) is 57.5 Å². The maximum atomic E-state index is 12.1. The van der Waals surface area contributed by atoms with Crippen LogP contribution in [-0.2, 0) is 11.2 Å². The van der Waals surface area contributed by atoms with Gasteiger partial charge in [-0.1, -0.05) is 27.5 Å². The molecule has 0 amide bonds. The number of hydrogen-bond acceptors (Lipinski definition) is 3. The van der Waals surface area contributed by atoms with Crippen LogP contribution < -0.4 is 4.74 Å². The van der Waals surface area contributed by atoms with E-state index in [4.69, 9.17) is 16.3 Å². The van der Waals surface area contributed by atoms with Gasteiger partial charge in [0.25, 0.3) is 0 Å². The summed E-state index contributed by atoms with van der Waals surface area (Å²) in [7, 11) is 1.59. The van der Waals surface area contributed by atoms with E-state index < -0.39 is 0 Å². The first-order valence-electron chi connectivity index (χ1n) is 6.31. The number of thioether (sulfide) groups is 1. The summed E-state index contributed by atoms with van der Waals surface area (Å²) >= 11 is 10.9. The van der Waals surface area contributed by atoms with Crippen LogP contribution in [0.2, 0.25) is 5.02 Å². The Balaban J connectivity index is 1.95. The van der Waals surface area contributed by atoms with Gasteiger partial charge in [0.05, 0.1) is 12.9 Å². The third-order valence-corrected chi connectivity index (χ3v) is 4.68. The molecule has 0 unspecified atom stereocenters. The van der Waals surface area contributed by atoms with Crippen LogP contribution in [-0.4, -0.2) is 18.6 Å². The molecule has 0 saturated carbocycles. The van der Waals surface area contributed by atoms with E-state index >= 15 is 0 Å². The minimum absolute atomic E-state index is 0.142. The van der Waals surface area contributed by atoms with Crippen LogP contribution in [0.4, 0.5) is 0 Å². The lowest BCUT2D eigenvalue weighted by molar-refractivity contribution is -0.116. The first-order valence-corrected chi connectivity index (χ1v) is 8.46. The predicted octanol–water partition coefficient (Wildman–Crippen LogP) is 5.02. The lowest BCUT2D eigenvalue weighted by Crippen LogP contribution is -2.07. The van der Waals surface area contributed by atoms with Gasteiger partial charge in [-0.15, -0.1) is 11.8 Å². The fourth-order valence-electron chi connectivity index (χ4n) is 1.84. The fourth-order valence-corrected chi connectivity index (χ4v) is 3.06. The van der Waals surface area contributed by atoms with Crippen molar-refractivity contribution in [2.75, 3.05) is 12.9 Å². The second-order valence-corrected chi connectivity index (χ2v) is 6.82. The van der Waals surface area contributed by atoms with Gasteiger partial charge in [-0.2, -0.15) is 0 Å². The summed E-state index contributed by atoms with van der Waals surface area (Å²) in [5.41, 5.74) is 0.825. The summed E-state index contributed by atoms with van der Waals surface area (Å²) < 4.78 is 6.28. The molecule has 0 aliphatic heterocycles. The van der Waals surface area contributed by atoms with Crippen LogP contribution >= 0.6 is 39.3 Å². The number of benzene rings is 2. The number of carbonyl (C=O) groups is 1. The van der Waals surface area contributed by atoms with Crippen molar-refractivity contribution in [3.8, 4) is 5.75 Å². The van der Waals surface area contributed by atoms with Gasteiger partial charge in [-0.3, -0.25) is 4.79 Å². The molecule has 2 aromatic rings. The zero-order valence-corrected chi connectivity index (χ0v) is 14.6. The molecule has 0 aromatic heterocycles. The molecule has 0 heterocycles. The van der Waals surface area contributed by atoms with E-state index in [1.807, 2.05) is 24.3 Å². The average molecular weight is 386 g/mol. The van der Waals surface area contributed by atoms with Crippen molar-refractivity contribution in [2.45, 2.75) is 11.3 Å². The highest BCUT2D eigenvalue weighted by atomic mass is 79.9. The van der Waals surface area contributed by atoms with Gasteiger partial charge in [-0.05, 0) is 42.5 Å². The predicted molar refractivity (Wildman–Crippen MR) is 91.6 cm³/mol. The maximum absolute atomic E-state index is 12.1. The largest absolute Gasteiger partial charge is 0.496 e. The van der Waals surface area contributed by atoms with E-state index in [0.29, 0.717) is 22.9 Å². The Hall–Kier alpha value is -0.970. The molecular formula is C16H14BrClO2S. The van der Waals surface area contributed by atoms with E-state index in [1.54, 1.807) is 25.3 Å². The monoisotopic (exact) mass is 384 g/mol. The molecule has 5 heteroatoms. The van der Waals surface area contributed by atoms with Gasteiger partial charge in [0, 0.05) is 26.4 Å². The lowest BCUT2D eigenvalue weighted by atomic mass is 10.1. The Labute approximate surface area is 142 Å².